The number of ether oxygens (including phenoxy) is 1. The fraction of sp³-hybridized carbons (Fsp3) is 0.524. The summed E-state index contributed by atoms with van der Waals surface area (Å²) in [6.45, 7) is 2.24. The maximum absolute atomic E-state index is 12.2. The lowest BCUT2D eigenvalue weighted by Crippen LogP contribution is -2.16. The lowest BCUT2D eigenvalue weighted by atomic mass is 9.78. The number of hydrogen-bond donors (Lipinski definition) is 0. The van der Waals surface area contributed by atoms with Crippen LogP contribution in [0.1, 0.15) is 63.4 Å². The molecule has 1 saturated carbocycles. The molecule has 0 spiro atoms. The van der Waals surface area contributed by atoms with Crippen molar-refractivity contribution in [1.29, 1.82) is 0 Å². The van der Waals surface area contributed by atoms with Crippen molar-refractivity contribution in [2.24, 2.45) is 5.92 Å². The van der Waals surface area contributed by atoms with Gasteiger partial charge in [0.2, 0.25) is 0 Å². The lowest BCUT2D eigenvalue weighted by molar-refractivity contribution is -0.274. The van der Waals surface area contributed by atoms with E-state index in [0.29, 0.717) is 17.3 Å². The smallest absolute Gasteiger partial charge is 0.406 e. The van der Waals surface area contributed by atoms with Gasteiger partial charge in [0.15, 0.2) is 5.82 Å². The molecule has 0 saturated heterocycles. The van der Waals surface area contributed by atoms with E-state index in [-0.39, 0.29) is 5.75 Å². The van der Waals surface area contributed by atoms with Crippen LogP contribution in [0.15, 0.2) is 36.7 Å². The van der Waals surface area contributed by atoms with E-state index in [1.54, 1.807) is 0 Å². The van der Waals surface area contributed by atoms with Gasteiger partial charge in [-0.3, -0.25) is 0 Å². The van der Waals surface area contributed by atoms with Crippen molar-refractivity contribution in [2.75, 3.05) is 0 Å². The van der Waals surface area contributed by atoms with Crippen LogP contribution in [0.3, 0.4) is 0 Å². The maximum Gasteiger partial charge on any atom is 0.573 e. The summed E-state index contributed by atoms with van der Waals surface area (Å²) in [5.41, 5.74) is 1.82. The molecule has 2 aromatic rings. The first-order valence-electron chi connectivity index (χ1n) is 9.62. The lowest BCUT2D eigenvalue weighted by Gasteiger charge is -2.28. The molecular weight excluding hydrogens is 353 g/mol. The summed E-state index contributed by atoms with van der Waals surface area (Å²) >= 11 is 0. The van der Waals surface area contributed by atoms with Crippen LogP contribution in [-0.2, 0) is 0 Å². The van der Waals surface area contributed by atoms with Crippen molar-refractivity contribution in [3.05, 3.63) is 42.2 Å². The average Bonchev–Trinajstić information content (AvgIpc) is 2.66. The Morgan fingerprint density at radius 3 is 2.19 bits per heavy atom. The van der Waals surface area contributed by atoms with Gasteiger partial charge in [0.25, 0.3) is 0 Å². The van der Waals surface area contributed by atoms with Crippen LogP contribution in [0.5, 0.6) is 5.75 Å². The molecule has 0 N–H and O–H groups in total. The highest BCUT2D eigenvalue weighted by molar-refractivity contribution is 5.56. The SMILES string of the molecule is CCCCC1CCC(c2cnc(-c3ccc(OC(F)(F)F)cc3)nc2)CC1. The molecule has 0 amide bonds. The van der Waals surface area contributed by atoms with Gasteiger partial charge in [0.05, 0.1) is 0 Å². The number of unbranched alkanes of at least 4 members (excludes halogenated alkanes) is 1. The summed E-state index contributed by atoms with van der Waals surface area (Å²) in [4.78, 5) is 8.85. The quantitative estimate of drug-likeness (QED) is 0.575. The molecule has 27 heavy (non-hydrogen) atoms. The van der Waals surface area contributed by atoms with Crippen molar-refractivity contribution in [3.63, 3.8) is 0 Å². The summed E-state index contributed by atoms with van der Waals surface area (Å²) in [5.74, 6) is 1.63. The average molecular weight is 378 g/mol. The summed E-state index contributed by atoms with van der Waals surface area (Å²) in [6, 6.07) is 5.62. The molecule has 0 atom stereocenters. The first-order chi connectivity index (χ1) is 12.9. The van der Waals surface area contributed by atoms with Gasteiger partial charge in [-0.25, -0.2) is 9.97 Å². The monoisotopic (exact) mass is 378 g/mol. The molecule has 1 aromatic carbocycles. The zero-order valence-corrected chi connectivity index (χ0v) is 15.5. The van der Waals surface area contributed by atoms with Gasteiger partial charge in [-0.1, -0.05) is 26.2 Å². The number of alkyl halides is 3. The minimum Gasteiger partial charge on any atom is -0.406 e. The van der Waals surface area contributed by atoms with Gasteiger partial charge in [-0.15, -0.1) is 13.2 Å². The number of rotatable bonds is 6. The molecule has 6 heteroatoms. The Morgan fingerprint density at radius 2 is 1.63 bits per heavy atom. The molecule has 1 aliphatic carbocycles. The van der Waals surface area contributed by atoms with Crippen molar-refractivity contribution >= 4 is 0 Å². The van der Waals surface area contributed by atoms with Crippen molar-refractivity contribution in [1.82, 2.24) is 9.97 Å². The highest BCUT2D eigenvalue weighted by Crippen LogP contribution is 2.37. The first kappa shape index (κ1) is 19.6. The van der Waals surface area contributed by atoms with E-state index in [0.717, 1.165) is 11.5 Å². The highest BCUT2D eigenvalue weighted by Gasteiger charge is 2.31. The van der Waals surface area contributed by atoms with Crippen LogP contribution in [0.2, 0.25) is 0 Å². The second kappa shape index (κ2) is 8.72. The molecule has 1 fully saturated rings. The Morgan fingerprint density at radius 1 is 1.00 bits per heavy atom. The summed E-state index contributed by atoms with van der Waals surface area (Å²) in [7, 11) is 0. The summed E-state index contributed by atoms with van der Waals surface area (Å²) in [5, 5.41) is 0. The van der Waals surface area contributed by atoms with E-state index >= 15 is 0 Å². The number of aromatic nitrogens is 2. The van der Waals surface area contributed by atoms with Gasteiger partial charge in [0, 0.05) is 18.0 Å². The third-order valence-electron chi connectivity index (χ3n) is 5.30. The fourth-order valence-electron chi connectivity index (χ4n) is 3.78. The second-order valence-corrected chi connectivity index (χ2v) is 7.27. The zero-order valence-electron chi connectivity index (χ0n) is 15.5. The maximum atomic E-state index is 12.2. The second-order valence-electron chi connectivity index (χ2n) is 7.27. The number of nitrogens with zero attached hydrogens (tertiary/aromatic N) is 2. The highest BCUT2D eigenvalue weighted by atomic mass is 19.4. The summed E-state index contributed by atoms with van der Waals surface area (Å²) in [6.07, 6.45) is 7.86. The van der Waals surface area contributed by atoms with Crippen LogP contribution < -0.4 is 4.74 Å². The third-order valence-corrected chi connectivity index (χ3v) is 5.30. The van der Waals surface area contributed by atoms with Crippen LogP contribution >= 0.6 is 0 Å². The molecular formula is C21H25F3N2O. The Kier molecular flexibility index (Phi) is 6.34. The first-order valence-corrected chi connectivity index (χ1v) is 9.62. The van der Waals surface area contributed by atoms with Crippen molar-refractivity contribution < 1.29 is 17.9 Å². The molecule has 146 valence electrons. The molecule has 0 bridgehead atoms. The number of halogens is 3. The number of benzene rings is 1. The Labute approximate surface area is 158 Å². The van der Waals surface area contributed by atoms with Gasteiger partial charge < -0.3 is 4.74 Å². The Bertz CT molecular complexity index is 706. The topological polar surface area (TPSA) is 35.0 Å². The molecule has 0 unspecified atom stereocenters. The van der Waals surface area contributed by atoms with Gasteiger partial charge in [0.1, 0.15) is 5.75 Å². The minimum absolute atomic E-state index is 0.247. The molecule has 0 radical (unpaired) electrons. The van der Waals surface area contributed by atoms with Crippen LogP contribution in [-0.4, -0.2) is 16.3 Å². The standard InChI is InChI=1S/C21H25F3N2O/c1-2-3-4-15-5-7-16(8-6-15)18-13-25-20(26-14-18)17-9-11-19(12-10-17)27-21(22,23)24/h9-16H,2-8H2,1H3. The predicted octanol–water partition coefficient (Wildman–Crippen LogP) is 6.51. The molecule has 1 aliphatic rings. The Balaban J connectivity index is 1.59. The van der Waals surface area contributed by atoms with Crippen molar-refractivity contribution in [3.8, 4) is 17.1 Å². The van der Waals surface area contributed by atoms with E-state index in [2.05, 4.69) is 21.6 Å². The Hall–Kier alpha value is -2.11. The minimum atomic E-state index is -4.69. The van der Waals surface area contributed by atoms with Crippen molar-refractivity contribution in [2.45, 2.75) is 64.1 Å². The molecule has 1 aromatic heterocycles. The fourth-order valence-corrected chi connectivity index (χ4v) is 3.78. The van der Waals surface area contributed by atoms with Crippen LogP contribution in [0.4, 0.5) is 13.2 Å². The molecule has 3 nitrogen and oxygen atoms in total. The van der Waals surface area contributed by atoms with E-state index in [9.17, 15) is 13.2 Å². The molecule has 0 aliphatic heterocycles. The van der Waals surface area contributed by atoms with Gasteiger partial charge in [-0.2, -0.15) is 0 Å². The normalized spacial score (nSPS) is 20.4. The van der Waals surface area contributed by atoms with E-state index < -0.39 is 6.36 Å². The number of hydrogen-bond acceptors (Lipinski definition) is 3. The zero-order chi connectivity index (χ0) is 19.3. The third kappa shape index (κ3) is 5.68. The van der Waals surface area contributed by atoms with Crippen LogP contribution in [0.25, 0.3) is 11.4 Å². The largest absolute Gasteiger partial charge is 0.573 e. The molecule has 1 heterocycles. The van der Waals surface area contributed by atoms with Gasteiger partial charge >= 0.3 is 6.36 Å². The van der Waals surface area contributed by atoms with E-state index in [1.807, 2.05) is 12.4 Å². The van der Waals surface area contributed by atoms with E-state index in [1.165, 1.54) is 69.2 Å². The van der Waals surface area contributed by atoms with Crippen LogP contribution in [0, 0.1) is 5.92 Å². The summed E-state index contributed by atoms with van der Waals surface area (Å²) < 4.78 is 40.6. The van der Waals surface area contributed by atoms with Gasteiger partial charge in [-0.05, 0) is 67.3 Å². The van der Waals surface area contributed by atoms with E-state index in [4.69, 9.17) is 0 Å². The predicted molar refractivity (Wildman–Crippen MR) is 98.4 cm³/mol. The molecule has 3 rings (SSSR count).